The number of carbonyl (C=O) groups excluding carboxylic acids is 3. The molecule has 6 heterocycles. The van der Waals surface area contributed by atoms with Crippen molar-refractivity contribution in [1.82, 2.24) is 40.5 Å². The minimum atomic E-state index is -3.95. The average Bonchev–Trinajstić information content (AvgIpc) is 1.87. The number of nitrogens with zero attached hydrogens (tertiary/aromatic N) is 7. The van der Waals surface area contributed by atoms with E-state index in [0.717, 1.165) is 22.4 Å². The number of aliphatic hydroxyl groups excluding tert-OH is 1. The molecule has 2 saturated heterocycles. The molecule has 5 N–H and O–H groups in total. The third-order valence-corrected chi connectivity index (χ3v) is 17.5. The number of amides is 2. The number of aryl methyl sites for hydroxylation is 1. The van der Waals surface area contributed by atoms with E-state index in [9.17, 15) is 41.1 Å². The van der Waals surface area contributed by atoms with Gasteiger partial charge in [-0.3, -0.25) is 19.4 Å². The fourth-order valence-electron chi connectivity index (χ4n) is 10.2. The van der Waals surface area contributed by atoms with E-state index in [4.69, 9.17) is 40.3 Å². The van der Waals surface area contributed by atoms with Crippen LogP contribution in [-0.4, -0.2) is 150 Å². The number of para-hydroxylation sites is 1. The van der Waals surface area contributed by atoms with Gasteiger partial charge in [-0.25, -0.2) is 17.8 Å². The minimum absolute atomic E-state index is 0.00444. The monoisotopic (exact) mass is 1250 g/mol. The Hall–Kier alpha value is -7.43. The van der Waals surface area contributed by atoms with Crippen LogP contribution in [-0.2, 0) is 35.5 Å². The minimum Gasteiger partial charge on any atom is -0.491 e. The molecule has 4 atom stereocenters. The van der Waals surface area contributed by atoms with Crippen LogP contribution in [0.2, 0.25) is 5.02 Å². The Kier molecular flexibility index (Phi) is 18.3. The number of halogens is 4. The first-order valence-electron chi connectivity index (χ1n) is 27.9. The number of nitrogens with one attached hydrogen (secondary N) is 4. The van der Waals surface area contributed by atoms with Gasteiger partial charge in [0.15, 0.2) is 32.8 Å². The topological polar surface area (TPSA) is 271 Å². The molecule has 1 saturated carbocycles. The second-order valence-electron chi connectivity index (χ2n) is 22.4. The Bertz CT molecular complexity index is 3610. The molecule has 28 heteroatoms. The van der Waals surface area contributed by atoms with Crippen LogP contribution in [0.1, 0.15) is 75.0 Å². The van der Waals surface area contributed by atoms with Crippen LogP contribution in [0, 0.1) is 18.3 Å². The van der Waals surface area contributed by atoms with Gasteiger partial charge in [0.2, 0.25) is 23.7 Å². The van der Waals surface area contributed by atoms with E-state index >= 15 is 0 Å². The van der Waals surface area contributed by atoms with E-state index in [-0.39, 0.29) is 127 Å². The summed E-state index contributed by atoms with van der Waals surface area (Å²) in [4.78, 5) is 67.8. The van der Waals surface area contributed by atoms with Crippen molar-refractivity contribution < 1.29 is 64.8 Å². The molecule has 0 bridgehead atoms. The second-order valence-corrected chi connectivity index (χ2v) is 25.7. The maximum Gasteiger partial charge on any atom is 0.586 e. The number of likely N-dealkylation sites (tertiary alicyclic amines) is 1. The van der Waals surface area contributed by atoms with Crippen LogP contribution < -0.4 is 45.1 Å². The molecule has 6 aromatic rings. The van der Waals surface area contributed by atoms with Crippen molar-refractivity contribution in [3.63, 3.8) is 0 Å². The Morgan fingerprint density at radius 1 is 0.942 bits per heavy atom. The number of benzene rings is 3. The molecule has 2 amide bonds. The number of alkyl halides is 3. The zero-order chi connectivity index (χ0) is 61.1. The van der Waals surface area contributed by atoms with Crippen LogP contribution in [0.15, 0.2) is 83.3 Å². The third kappa shape index (κ3) is 14.5. The van der Waals surface area contributed by atoms with Crippen LogP contribution in [0.25, 0.3) is 10.4 Å². The van der Waals surface area contributed by atoms with E-state index in [2.05, 4.69) is 41.2 Å². The van der Waals surface area contributed by atoms with Gasteiger partial charge in [0, 0.05) is 81.6 Å². The summed E-state index contributed by atoms with van der Waals surface area (Å²) < 4.78 is 98.0. The molecular weight excluding hydrogens is 1180 g/mol. The summed E-state index contributed by atoms with van der Waals surface area (Å²) in [5.41, 5.74) is 2.18. The smallest absolute Gasteiger partial charge is 0.491 e. The quantitative estimate of drug-likeness (QED) is 0.0365. The Morgan fingerprint density at radius 2 is 1.71 bits per heavy atom. The highest BCUT2D eigenvalue weighted by Gasteiger charge is 2.53. The number of anilines is 4. The highest BCUT2D eigenvalue weighted by molar-refractivity contribution is 7.90. The molecule has 86 heavy (non-hydrogen) atoms. The number of piperazine rings is 1. The van der Waals surface area contributed by atoms with Gasteiger partial charge >= 0.3 is 12.3 Å². The molecule has 3 aromatic carbocycles. The number of aromatic nitrogens is 5. The number of thiazole rings is 1. The maximum atomic E-state index is 14.8. The van der Waals surface area contributed by atoms with E-state index < -0.39 is 68.9 Å². The molecule has 3 aromatic heterocycles. The molecule has 4 aliphatic rings. The van der Waals surface area contributed by atoms with Gasteiger partial charge in [-0.15, -0.1) is 20.1 Å². The number of rotatable bonds is 24. The Morgan fingerprint density at radius 3 is 2.42 bits per heavy atom. The SMILES string of the molecule is Cc1ncsc1-c1ccc(CNC(=O)C2C[C@@H](O)CN2C(=O)C(CC(=O)C2(F)CC2)C(C)(C)C)c(OCCOCCOc2nc(Nc3cc(S(C)(=O)=O)ccc3N[C@@H](c3cccc4c3OC(F)(F)O4)c3ncccc3Cl)nc(N3CCNCC3)n2)c1. The third-order valence-electron chi connectivity index (χ3n) is 15.1. The van der Waals surface area contributed by atoms with Crippen molar-refractivity contribution in [2.45, 2.75) is 95.0 Å². The second kappa shape index (κ2) is 25.5. The molecule has 10 rings (SSSR count). The summed E-state index contributed by atoms with van der Waals surface area (Å²) in [6.07, 6.45) is -2.46. The lowest BCUT2D eigenvalue weighted by Gasteiger charge is -2.35. The number of carbonyl (C=O) groups is 3. The standard InChI is InChI=1S/C58H65ClF3N11O11S2/c1-33-50(85-32-66-33)34-11-12-35(30-65-51(76)43-27-36(74)31-73(43)52(77)39(56(2,3)4)29-46(75)57(60)15-16-57)45(26-34)81-24-22-80-23-25-82-55-70-53(69-54(71-55)72-20-18-63-19-21-72)68-42-28-37(86(5,78)79)13-14-41(42)67-47(48-40(59)9-7-17-64-48)38-8-6-10-44-49(38)84-58(61,62)83-44/h6-14,17,26,28,32,36,39,43,47,63,67,74H,15-16,18-25,27,29-31H2,1-5H3,(H,65,76)(H,68,69,70,71)/t36-,39?,43?,47+/m1/s1. The van der Waals surface area contributed by atoms with Crippen LogP contribution in [0.5, 0.6) is 23.3 Å². The summed E-state index contributed by atoms with van der Waals surface area (Å²) >= 11 is 8.16. The molecule has 1 aliphatic carbocycles. The highest BCUT2D eigenvalue weighted by Crippen LogP contribution is 2.49. The summed E-state index contributed by atoms with van der Waals surface area (Å²) in [7, 11) is -3.79. The van der Waals surface area contributed by atoms with Crippen molar-refractivity contribution in [2.75, 3.05) is 80.9 Å². The number of hydrogen-bond acceptors (Lipinski definition) is 21. The number of β-amino-alcohol motifs (C(OH)–C–C–N with tert-alkyl or cyclic N) is 1. The predicted octanol–water partition coefficient (Wildman–Crippen LogP) is 7.61. The highest BCUT2D eigenvalue weighted by atomic mass is 35.5. The van der Waals surface area contributed by atoms with Crippen molar-refractivity contribution in [1.29, 1.82) is 0 Å². The van der Waals surface area contributed by atoms with E-state index in [1.54, 1.807) is 44.5 Å². The number of ether oxygens (including phenoxy) is 5. The number of fused-ring (bicyclic) bond motifs is 1. The van der Waals surface area contributed by atoms with Crippen molar-refractivity contribution in [2.24, 2.45) is 11.3 Å². The molecular formula is C58H65ClF3N11O11S2. The lowest BCUT2D eigenvalue weighted by molar-refractivity contribution is -0.287. The van der Waals surface area contributed by atoms with Gasteiger partial charge in [-0.05, 0) is 73.2 Å². The molecule has 0 spiro atoms. The molecule has 22 nitrogen and oxygen atoms in total. The maximum absolute atomic E-state index is 14.8. The lowest BCUT2D eigenvalue weighted by Crippen LogP contribution is -2.50. The van der Waals surface area contributed by atoms with Gasteiger partial charge in [0.05, 0.1) is 68.4 Å². The van der Waals surface area contributed by atoms with Crippen LogP contribution >= 0.6 is 22.9 Å². The van der Waals surface area contributed by atoms with Gasteiger partial charge in [0.1, 0.15) is 25.0 Å². The molecule has 3 fully saturated rings. The number of sulfone groups is 1. The molecule has 458 valence electrons. The number of ketones is 1. The van der Waals surface area contributed by atoms with Crippen molar-refractivity contribution in [3.8, 4) is 33.7 Å². The Labute approximate surface area is 503 Å². The zero-order valence-electron chi connectivity index (χ0n) is 47.7. The number of pyridine rings is 1. The summed E-state index contributed by atoms with van der Waals surface area (Å²) in [6, 6.07) is 15.2. The van der Waals surface area contributed by atoms with Gasteiger partial charge < -0.3 is 59.9 Å². The van der Waals surface area contributed by atoms with E-state index in [0.29, 0.717) is 37.5 Å². The fraction of sp³-hybridized carbons (Fsp3) is 0.448. The molecule has 0 radical (unpaired) electrons. The summed E-state index contributed by atoms with van der Waals surface area (Å²) in [5.74, 6) is -2.32. The van der Waals surface area contributed by atoms with Gasteiger partial charge in [-0.1, -0.05) is 56.6 Å². The fourth-order valence-corrected chi connectivity index (χ4v) is 11.9. The first kappa shape index (κ1) is 61.7. The zero-order valence-corrected chi connectivity index (χ0v) is 50.1. The van der Waals surface area contributed by atoms with Crippen molar-refractivity contribution in [3.05, 3.63) is 106 Å². The first-order valence-corrected chi connectivity index (χ1v) is 31.0. The normalized spacial score (nSPS) is 18.5. The molecule has 2 unspecified atom stereocenters. The number of Topliss-reactive ketones (excluding diaryl/α,β-unsaturated/α-hetero) is 1. The average molecular weight is 1250 g/mol. The van der Waals surface area contributed by atoms with Crippen LogP contribution in [0.3, 0.4) is 0 Å². The predicted molar refractivity (Wildman–Crippen MR) is 313 cm³/mol. The van der Waals surface area contributed by atoms with Gasteiger partial charge in [-0.2, -0.15) is 15.0 Å². The summed E-state index contributed by atoms with van der Waals surface area (Å²) in [5, 5.41) is 23.6. The van der Waals surface area contributed by atoms with Gasteiger partial charge in [0.25, 0.3) is 0 Å². The number of hydrogen-bond donors (Lipinski definition) is 5. The largest absolute Gasteiger partial charge is 0.586 e. The summed E-state index contributed by atoms with van der Waals surface area (Å²) in [6.45, 7) is 9.70. The molecule has 3 aliphatic heterocycles. The number of aliphatic hydroxyl groups is 1. The Balaban J connectivity index is 0.818. The van der Waals surface area contributed by atoms with E-state index in [1.807, 2.05) is 30.0 Å². The van der Waals surface area contributed by atoms with Crippen molar-refractivity contribution >= 4 is 73.6 Å². The first-order chi connectivity index (χ1) is 40.9. The van der Waals surface area contributed by atoms with Crippen LogP contribution in [0.4, 0.5) is 36.4 Å². The van der Waals surface area contributed by atoms with E-state index in [1.165, 1.54) is 52.8 Å². The lowest BCUT2D eigenvalue weighted by atomic mass is 9.76.